The summed E-state index contributed by atoms with van der Waals surface area (Å²) < 4.78 is 146. The van der Waals surface area contributed by atoms with E-state index in [9.17, 15) is 48.3 Å². The number of benzene rings is 1. The minimum absolute atomic E-state index is 0.0511. The van der Waals surface area contributed by atoms with Crippen LogP contribution in [0.5, 0.6) is 5.75 Å². The zero-order valence-corrected chi connectivity index (χ0v) is 15.7. The van der Waals surface area contributed by atoms with E-state index >= 15 is 0 Å². The molecule has 1 aromatic rings. The lowest BCUT2D eigenvalue weighted by atomic mass is 10.0. The summed E-state index contributed by atoms with van der Waals surface area (Å²) in [6, 6.07) is -0.0511. The van der Waals surface area contributed by atoms with Gasteiger partial charge in [-0.2, -0.15) is 22.0 Å². The molecule has 1 aliphatic carbocycles. The van der Waals surface area contributed by atoms with Crippen molar-refractivity contribution in [3.63, 3.8) is 0 Å². The van der Waals surface area contributed by atoms with E-state index in [0.29, 0.717) is 6.08 Å². The van der Waals surface area contributed by atoms with Crippen LogP contribution < -0.4 is 4.74 Å². The van der Waals surface area contributed by atoms with Crippen LogP contribution in [0, 0.1) is 34.7 Å². The zero-order chi connectivity index (χ0) is 23.4. The second-order valence-corrected chi connectivity index (χ2v) is 7.66. The molecule has 1 aliphatic rings. The summed E-state index contributed by atoms with van der Waals surface area (Å²) in [6.07, 6.45) is -11.8. The van der Waals surface area contributed by atoms with Gasteiger partial charge in [-0.25, -0.2) is 13.2 Å². The quantitative estimate of drug-likeness (QED) is 0.411. The highest BCUT2D eigenvalue weighted by Gasteiger charge is 2.62. The maximum absolute atomic E-state index is 14.3. The van der Waals surface area contributed by atoms with Crippen molar-refractivity contribution in [1.29, 1.82) is 0 Å². The van der Waals surface area contributed by atoms with Gasteiger partial charge in [0.15, 0.2) is 11.6 Å². The van der Waals surface area contributed by atoms with E-state index < -0.39 is 75.9 Å². The highest BCUT2D eigenvalue weighted by Crippen LogP contribution is 2.62. The Morgan fingerprint density at radius 1 is 1.03 bits per heavy atom. The Balaban J connectivity index is 2.35. The smallest absolute Gasteiger partial charge is 0.399 e. The first-order valence-corrected chi connectivity index (χ1v) is 8.43. The Morgan fingerprint density at radius 3 is 2.03 bits per heavy atom. The summed E-state index contributed by atoms with van der Waals surface area (Å²) in [4.78, 5) is 0. The second-order valence-electron chi connectivity index (χ2n) is 7.25. The Morgan fingerprint density at radius 2 is 1.57 bits per heavy atom. The lowest BCUT2D eigenvalue weighted by molar-refractivity contribution is -0.276. The van der Waals surface area contributed by atoms with Crippen molar-refractivity contribution >= 4 is 11.6 Å². The SMILES string of the molecule is CC1(C)C(C=C(Cl)C(F)(F)C(F)(F)F)C1Cc1c(F)cc(F)c(OC(F)(F)F)c1F. The molecule has 1 aromatic carbocycles. The Hall–Kier alpha value is -1.72. The summed E-state index contributed by atoms with van der Waals surface area (Å²) in [5.41, 5.74) is -2.12. The highest BCUT2D eigenvalue weighted by molar-refractivity contribution is 6.30. The zero-order valence-electron chi connectivity index (χ0n) is 15.0. The van der Waals surface area contributed by atoms with Crippen molar-refractivity contribution in [2.24, 2.45) is 17.3 Å². The molecule has 0 radical (unpaired) electrons. The van der Waals surface area contributed by atoms with E-state index in [4.69, 9.17) is 11.6 Å². The topological polar surface area (TPSA) is 9.23 Å². The Bertz CT molecular complexity index is 855. The third-order valence-electron chi connectivity index (χ3n) is 4.99. The number of hydrogen-bond acceptors (Lipinski definition) is 1. The number of alkyl halides is 8. The molecule has 0 amide bonds. The minimum Gasteiger partial charge on any atom is -0.399 e. The maximum Gasteiger partial charge on any atom is 0.573 e. The first-order chi connectivity index (χ1) is 13.3. The number of ether oxygens (including phenoxy) is 1. The van der Waals surface area contributed by atoms with Gasteiger partial charge in [-0.3, -0.25) is 0 Å². The minimum atomic E-state index is -5.98. The molecule has 1 fully saturated rings. The van der Waals surface area contributed by atoms with E-state index in [-0.39, 0.29) is 6.07 Å². The van der Waals surface area contributed by atoms with Crippen LogP contribution in [0.1, 0.15) is 19.4 Å². The summed E-state index contributed by atoms with van der Waals surface area (Å²) in [6.45, 7) is 2.72. The van der Waals surface area contributed by atoms with Gasteiger partial charge < -0.3 is 4.74 Å². The van der Waals surface area contributed by atoms with E-state index in [1.807, 2.05) is 0 Å². The fourth-order valence-corrected chi connectivity index (χ4v) is 3.37. The average molecular weight is 477 g/mol. The summed E-state index contributed by atoms with van der Waals surface area (Å²) >= 11 is 5.12. The first-order valence-electron chi connectivity index (χ1n) is 8.05. The maximum atomic E-state index is 14.3. The Labute approximate surface area is 167 Å². The molecule has 0 bridgehead atoms. The fourth-order valence-electron chi connectivity index (χ4n) is 3.13. The van der Waals surface area contributed by atoms with Crippen LogP contribution in [0.25, 0.3) is 0 Å². The van der Waals surface area contributed by atoms with Crippen LogP contribution in [0.4, 0.5) is 48.3 Å². The van der Waals surface area contributed by atoms with Gasteiger partial charge in [0.2, 0.25) is 5.75 Å². The van der Waals surface area contributed by atoms with Gasteiger partial charge >= 0.3 is 18.5 Å². The molecule has 0 saturated heterocycles. The van der Waals surface area contributed by atoms with Crippen LogP contribution in [-0.4, -0.2) is 18.5 Å². The van der Waals surface area contributed by atoms with Crippen molar-refractivity contribution in [2.45, 2.75) is 38.7 Å². The highest BCUT2D eigenvalue weighted by atomic mass is 35.5. The van der Waals surface area contributed by atoms with E-state index in [1.165, 1.54) is 13.8 Å². The molecule has 2 rings (SSSR count). The monoisotopic (exact) mass is 476 g/mol. The number of halogens is 12. The van der Waals surface area contributed by atoms with Gasteiger partial charge in [0.05, 0.1) is 5.03 Å². The second kappa shape index (κ2) is 7.45. The number of rotatable bonds is 5. The number of hydrogen-bond donors (Lipinski definition) is 0. The van der Waals surface area contributed by atoms with E-state index in [2.05, 4.69) is 4.74 Å². The van der Waals surface area contributed by atoms with Gasteiger partial charge in [0.1, 0.15) is 5.82 Å². The molecule has 13 heteroatoms. The van der Waals surface area contributed by atoms with Gasteiger partial charge in [0.25, 0.3) is 0 Å². The normalized spacial score (nSPS) is 22.3. The lowest BCUT2D eigenvalue weighted by Gasteiger charge is -2.18. The third kappa shape index (κ3) is 4.62. The van der Waals surface area contributed by atoms with Gasteiger partial charge in [-0.1, -0.05) is 31.5 Å². The van der Waals surface area contributed by atoms with Crippen LogP contribution in [-0.2, 0) is 6.42 Å². The molecule has 30 heavy (non-hydrogen) atoms. The molecule has 1 nitrogen and oxygen atoms in total. The molecule has 1 saturated carbocycles. The molecular weight excluding hydrogens is 465 g/mol. The van der Waals surface area contributed by atoms with Crippen molar-refractivity contribution in [1.82, 2.24) is 0 Å². The standard InChI is InChI=1S/C17H12ClF11O/c1-14(2)7(8(14)4-11(18)15(22,23)16(24,25)26)3-6-9(19)5-10(20)13(12(6)21)30-17(27,28)29/h4-5,7-8H,3H2,1-2H3. The first kappa shape index (κ1) is 24.5. The van der Waals surface area contributed by atoms with E-state index in [0.717, 1.165) is 0 Å². The van der Waals surface area contributed by atoms with Crippen LogP contribution in [0.15, 0.2) is 17.2 Å². The number of allylic oxidation sites excluding steroid dienone is 2. The molecule has 2 atom stereocenters. The molecule has 0 heterocycles. The summed E-state index contributed by atoms with van der Waals surface area (Å²) in [5, 5.41) is -1.85. The lowest BCUT2D eigenvalue weighted by Crippen LogP contribution is -2.36. The van der Waals surface area contributed by atoms with Crippen LogP contribution >= 0.6 is 11.6 Å². The van der Waals surface area contributed by atoms with E-state index in [1.54, 1.807) is 0 Å². The third-order valence-corrected chi connectivity index (χ3v) is 5.35. The molecule has 170 valence electrons. The average Bonchev–Trinajstić information content (AvgIpc) is 3.05. The predicted octanol–water partition coefficient (Wildman–Crippen LogP) is 7.14. The summed E-state index contributed by atoms with van der Waals surface area (Å²) in [7, 11) is 0. The fraction of sp³-hybridized carbons (Fsp3) is 0.529. The molecule has 0 N–H and O–H groups in total. The Kier molecular flexibility index (Phi) is 6.10. The van der Waals surface area contributed by atoms with Crippen LogP contribution in [0.3, 0.4) is 0 Å². The van der Waals surface area contributed by atoms with Crippen molar-refractivity contribution in [2.75, 3.05) is 0 Å². The van der Waals surface area contributed by atoms with Gasteiger partial charge in [-0.05, 0) is 23.7 Å². The van der Waals surface area contributed by atoms with Gasteiger partial charge in [0, 0.05) is 11.6 Å². The predicted molar refractivity (Wildman–Crippen MR) is 82.4 cm³/mol. The molecule has 2 unspecified atom stereocenters. The summed E-state index contributed by atoms with van der Waals surface area (Å²) in [5.74, 6) is -14.9. The van der Waals surface area contributed by atoms with Gasteiger partial charge in [-0.15, -0.1) is 13.2 Å². The molecule has 0 aliphatic heterocycles. The molecular formula is C17H12ClF11O. The van der Waals surface area contributed by atoms with Crippen LogP contribution in [0.2, 0.25) is 0 Å². The van der Waals surface area contributed by atoms with Crippen molar-refractivity contribution in [3.8, 4) is 5.75 Å². The van der Waals surface area contributed by atoms with Crippen molar-refractivity contribution in [3.05, 3.63) is 40.2 Å². The molecule has 0 aromatic heterocycles. The molecule has 0 spiro atoms. The largest absolute Gasteiger partial charge is 0.573 e. The van der Waals surface area contributed by atoms with Crippen molar-refractivity contribution < 1.29 is 53.0 Å².